The summed E-state index contributed by atoms with van der Waals surface area (Å²) in [4.78, 5) is 43.4. The number of aliphatic hydroxyl groups excluding tert-OH is 1. The number of aliphatic hydroxyl groups is 1. The van der Waals surface area contributed by atoms with E-state index in [0.29, 0.717) is 47.4 Å². The molecule has 21 heteroatoms. The first kappa shape index (κ1) is 47.5. The van der Waals surface area contributed by atoms with Crippen LogP contribution in [-0.4, -0.2) is 88.1 Å². The number of anilines is 1. The van der Waals surface area contributed by atoms with Crippen molar-refractivity contribution in [2.24, 2.45) is 5.92 Å². The molecular formula is C46H41F6N7O7S. The van der Waals surface area contributed by atoms with Gasteiger partial charge in [-0.25, -0.2) is 13.4 Å². The average Bonchev–Trinajstić information content (AvgIpc) is 3.72. The molecule has 4 heterocycles. The van der Waals surface area contributed by atoms with Crippen LogP contribution in [0.1, 0.15) is 50.2 Å². The first-order valence-electron chi connectivity index (χ1n) is 20.5. The molecule has 350 valence electrons. The number of sulfonamides is 1. The Morgan fingerprint density at radius 2 is 1.48 bits per heavy atom. The Balaban J connectivity index is 0.000000242. The predicted octanol–water partition coefficient (Wildman–Crippen LogP) is 8.58. The summed E-state index contributed by atoms with van der Waals surface area (Å²) in [5.41, 5.74) is 0.775. The molecule has 0 unspecified atom stereocenters. The fourth-order valence-electron chi connectivity index (χ4n) is 7.47. The molecule has 2 aromatic heterocycles. The van der Waals surface area contributed by atoms with Crippen molar-refractivity contribution in [1.29, 1.82) is 0 Å². The molecule has 0 saturated carbocycles. The van der Waals surface area contributed by atoms with Crippen LogP contribution in [0.3, 0.4) is 0 Å². The number of aryl methyl sites for hydroxylation is 1. The van der Waals surface area contributed by atoms with E-state index in [4.69, 9.17) is 4.74 Å². The van der Waals surface area contributed by atoms with Crippen LogP contribution in [0.4, 0.5) is 32.2 Å². The summed E-state index contributed by atoms with van der Waals surface area (Å²) in [6.07, 6.45) is -4.18. The molecule has 0 atom stereocenters. The Morgan fingerprint density at radius 1 is 0.836 bits per heavy atom. The standard InChI is InChI=1S/C31H28F6N4O3.C15H13N3O4S/c1-19-25(28(42)38-18-30(32,33)34)10-11-27-26(19)17-41(39-27)16-20-12-14-40(15-13-20)29(43)21-2-6-23(7-3-21)44-24-8-4-22(5-9-24)31(35,36)37;1-18-13(15(20)17-12-8-4-5-9-16-12)14(19)10-6-2-3-7-11(10)23(18,21)22/h2-11,17,20H,12-16,18H2,1H3,(H,38,42);2-9,19H,1H3,(H,16,17,20). The molecule has 2 aliphatic rings. The van der Waals surface area contributed by atoms with Gasteiger partial charge in [0.1, 0.15) is 23.9 Å². The topological polar surface area (TPSA) is 176 Å². The molecule has 14 nitrogen and oxygen atoms in total. The summed E-state index contributed by atoms with van der Waals surface area (Å²) in [6.45, 7) is 1.93. The Bertz CT molecular complexity index is 2940. The van der Waals surface area contributed by atoms with Gasteiger partial charge in [-0.2, -0.15) is 31.4 Å². The van der Waals surface area contributed by atoms with Gasteiger partial charge in [0.15, 0.2) is 11.5 Å². The second-order valence-corrected chi connectivity index (χ2v) is 17.5. The number of hydrogen-bond donors (Lipinski definition) is 3. The van der Waals surface area contributed by atoms with E-state index in [0.717, 1.165) is 29.3 Å². The maximum Gasteiger partial charge on any atom is 0.416 e. The largest absolute Gasteiger partial charge is 0.505 e. The van der Waals surface area contributed by atoms with Gasteiger partial charge in [-0.1, -0.05) is 18.2 Å². The number of amides is 3. The smallest absolute Gasteiger partial charge is 0.416 e. The molecule has 1 saturated heterocycles. The zero-order valence-electron chi connectivity index (χ0n) is 35.6. The second kappa shape index (κ2) is 19.2. The molecule has 0 spiro atoms. The summed E-state index contributed by atoms with van der Waals surface area (Å²) >= 11 is 0. The van der Waals surface area contributed by atoms with Crippen LogP contribution in [0, 0.1) is 12.8 Å². The summed E-state index contributed by atoms with van der Waals surface area (Å²) in [7, 11) is -2.69. The summed E-state index contributed by atoms with van der Waals surface area (Å²) in [5.74, 6) is -0.977. The summed E-state index contributed by atoms with van der Waals surface area (Å²) < 4.78 is 109. The van der Waals surface area contributed by atoms with Gasteiger partial charge in [0.2, 0.25) is 0 Å². The molecule has 0 aliphatic carbocycles. The van der Waals surface area contributed by atoms with Crippen molar-refractivity contribution in [2.75, 3.05) is 32.0 Å². The van der Waals surface area contributed by atoms with Crippen LogP contribution < -0.4 is 15.4 Å². The Hall–Kier alpha value is -7.42. The van der Waals surface area contributed by atoms with E-state index in [-0.39, 0.29) is 45.1 Å². The van der Waals surface area contributed by atoms with E-state index >= 15 is 0 Å². The minimum atomic E-state index is -4.50. The molecule has 3 N–H and O–H groups in total. The molecule has 0 radical (unpaired) electrons. The predicted molar refractivity (Wildman–Crippen MR) is 233 cm³/mol. The highest BCUT2D eigenvalue weighted by molar-refractivity contribution is 7.89. The number of alkyl halides is 6. The van der Waals surface area contributed by atoms with Crippen LogP contribution in [0.5, 0.6) is 11.5 Å². The van der Waals surface area contributed by atoms with Crippen molar-refractivity contribution < 1.29 is 59.0 Å². The number of nitrogens with zero attached hydrogens (tertiary/aromatic N) is 5. The number of likely N-dealkylation sites (tertiary alicyclic amines) is 1. The number of nitrogens with one attached hydrogen (secondary N) is 2. The number of aromatic nitrogens is 3. The van der Waals surface area contributed by atoms with Crippen molar-refractivity contribution in [2.45, 2.75) is 43.6 Å². The minimum Gasteiger partial charge on any atom is -0.505 e. The van der Waals surface area contributed by atoms with Crippen LogP contribution in [-0.2, 0) is 27.5 Å². The normalized spacial score (nSPS) is 15.0. The first-order chi connectivity index (χ1) is 31.7. The zero-order chi connectivity index (χ0) is 48.3. The highest BCUT2D eigenvalue weighted by Gasteiger charge is 2.38. The molecule has 8 rings (SSSR count). The highest BCUT2D eigenvalue weighted by Crippen LogP contribution is 2.35. The SMILES string of the molecule is CN1C(C(=O)Nc2ccccn2)=C(O)c2ccccc2S1(=O)=O.Cc1c(C(=O)NCC(F)(F)F)ccc2nn(CC3CCN(C(=O)c4ccc(Oc5ccc(C(F)(F)F)cc5)cc4)CC3)cc12. The lowest BCUT2D eigenvalue weighted by Crippen LogP contribution is -2.39. The molecule has 67 heavy (non-hydrogen) atoms. The first-order valence-corrected chi connectivity index (χ1v) is 21.9. The van der Waals surface area contributed by atoms with Crippen LogP contribution in [0.2, 0.25) is 0 Å². The number of hydrogen-bond acceptors (Lipinski definition) is 9. The van der Waals surface area contributed by atoms with Gasteiger partial charge in [0.05, 0.1) is 16.0 Å². The number of benzene rings is 4. The second-order valence-electron chi connectivity index (χ2n) is 15.5. The molecule has 2 aliphatic heterocycles. The average molecular weight is 950 g/mol. The lowest BCUT2D eigenvalue weighted by molar-refractivity contribution is -0.137. The zero-order valence-corrected chi connectivity index (χ0v) is 36.4. The maximum atomic E-state index is 13.1. The van der Waals surface area contributed by atoms with E-state index in [2.05, 4.69) is 15.4 Å². The van der Waals surface area contributed by atoms with Gasteiger partial charge in [0.25, 0.3) is 27.7 Å². The number of halogens is 6. The number of pyridine rings is 1. The van der Waals surface area contributed by atoms with Gasteiger partial charge in [-0.15, -0.1) is 0 Å². The van der Waals surface area contributed by atoms with Crippen LogP contribution >= 0.6 is 0 Å². The number of fused-ring (bicyclic) bond motifs is 2. The van der Waals surface area contributed by atoms with Crippen molar-refractivity contribution in [1.82, 2.24) is 29.3 Å². The third-order valence-electron chi connectivity index (χ3n) is 11.0. The van der Waals surface area contributed by atoms with Gasteiger partial charge in [0, 0.05) is 61.2 Å². The Morgan fingerprint density at radius 3 is 2.10 bits per heavy atom. The third-order valence-corrected chi connectivity index (χ3v) is 12.8. The molecule has 3 amide bonds. The summed E-state index contributed by atoms with van der Waals surface area (Å²) in [5, 5.41) is 20.0. The van der Waals surface area contributed by atoms with E-state index in [1.165, 1.54) is 43.6 Å². The fraction of sp³-hybridized carbons (Fsp3) is 0.239. The van der Waals surface area contributed by atoms with Gasteiger partial charge in [-0.05, 0) is 116 Å². The van der Waals surface area contributed by atoms with Gasteiger partial charge in [-0.3, -0.25) is 23.4 Å². The van der Waals surface area contributed by atoms with Crippen LogP contribution in [0.25, 0.3) is 16.7 Å². The lowest BCUT2D eigenvalue weighted by atomic mass is 9.96. The van der Waals surface area contributed by atoms with Gasteiger partial charge >= 0.3 is 12.4 Å². The molecule has 1 fully saturated rings. The lowest BCUT2D eigenvalue weighted by Gasteiger charge is -2.32. The van der Waals surface area contributed by atoms with Crippen molar-refractivity contribution in [3.8, 4) is 11.5 Å². The van der Waals surface area contributed by atoms with E-state index in [1.807, 2.05) is 5.32 Å². The Labute approximate surface area is 379 Å². The van der Waals surface area contributed by atoms with E-state index < -0.39 is 52.1 Å². The molecule has 4 aromatic carbocycles. The number of likely N-dealkylation sites (N-methyl/N-ethyl adjacent to an activating group) is 1. The number of carbonyl (C=O) groups excluding carboxylic acids is 3. The van der Waals surface area contributed by atoms with Gasteiger partial charge < -0.3 is 25.4 Å². The number of ether oxygens (including phenoxy) is 1. The molecular weight excluding hydrogens is 909 g/mol. The minimum absolute atomic E-state index is 0.0469. The fourth-order valence-corrected chi connectivity index (χ4v) is 8.87. The number of piperidine rings is 1. The molecule has 6 aromatic rings. The number of rotatable bonds is 9. The van der Waals surface area contributed by atoms with E-state index in [9.17, 15) is 54.3 Å². The van der Waals surface area contributed by atoms with Crippen molar-refractivity contribution in [3.63, 3.8) is 0 Å². The van der Waals surface area contributed by atoms with Crippen molar-refractivity contribution >= 4 is 50.2 Å². The third kappa shape index (κ3) is 11.0. The highest BCUT2D eigenvalue weighted by atomic mass is 32.2. The Kier molecular flexibility index (Phi) is 13.6. The van der Waals surface area contributed by atoms with E-state index in [1.54, 1.807) is 83.4 Å². The summed E-state index contributed by atoms with van der Waals surface area (Å²) in [6, 6.07) is 24.7. The monoisotopic (exact) mass is 949 g/mol. The quantitative estimate of drug-likeness (QED) is 0.120. The maximum absolute atomic E-state index is 13.1. The number of carbonyl (C=O) groups is 3. The van der Waals surface area contributed by atoms with Crippen molar-refractivity contribution in [3.05, 3.63) is 149 Å². The van der Waals surface area contributed by atoms with Crippen LogP contribution in [0.15, 0.2) is 126 Å². The molecule has 0 bridgehead atoms.